The van der Waals surface area contributed by atoms with Crippen LogP contribution in [0.4, 0.5) is 5.69 Å². The molecule has 1 aliphatic heterocycles. The Morgan fingerprint density at radius 2 is 2.00 bits per heavy atom. The fourth-order valence-electron chi connectivity index (χ4n) is 2.76. The maximum Gasteiger partial charge on any atom is 0.337 e. The van der Waals surface area contributed by atoms with Gasteiger partial charge in [-0.1, -0.05) is 11.6 Å². The van der Waals surface area contributed by atoms with Gasteiger partial charge in [-0.15, -0.1) is 0 Å². The van der Waals surface area contributed by atoms with E-state index in [1.807, 2.05) is 0 Å². The summed E-state index contributed by atoms with van der Waals surface area (Å²) in [5.74, 6) is -0.485. The van der Waals surface area contributed by atoms with Crippen molar-refractivity contribution < 1.29 is 14.5 Å². The van der Waals surface area contributed by atoms with Crippen LogP contribution in [0.5, 0.6) is 0 Å². The second-order valence-electron chi connectivity index (χ2n) is 5.29. The highest BCUT2D eigenvalue weighted by molar-refractivity contribution is 6.30. The number of ether oxygens (including phenoxy) is 1. The summed E-state index contributed by atoms with van der Waals surface area (Å²) in [7, 11) is 1.29. The Hall–Kier alpha value is -2.60. The summed E-state index contributed by atoms with van der Waals surface area (Å²) in [4.78, 5) is 22.9. The first kappa shape index (κ1) is 15.3. The van der Waals surface area contributed by atoms with Crippen molar-refractivity contribution in [1.82, 2.24) is 0 Å². The summed E-state index contributed by atoms with van der Waals surface area (Å²) in [5, 5.41) is 15.3. The number of hydrogen-bond donors (Lipinski definition) is 1. The van der Waals surface area contributed by atoms with Gasteiger partial charge in [0.1, 0.15) is 0 Å². The van der Waals surface area contributed by atoms with Crippen molar-refractivity contribution in [3.8, 4) is 0 Å². The molecule has 23 heavy (non-hydrogen) atoms. The number of benzene rings is 2. The van der Waals surface area contributed by atoms with E-state index < -0.39 is 11.6 Å². The van der Waals surface area contributed by atoms with E-state index in [0.29, 0.717) is 21.8 Å². The minimum Gasteiger partial charge on any atom is -0.465 e. The zero-order valence-corrected chi connectivity index (χ0v) is 13.0. The summed E-state index contributed by atoms with van der Waals surface area (Å²) >= 11 is 5.96. The zero-order valence-electron chi connectivity index (χ0n) is 12.2. The Morgan fingerprint density at radius 1 is 1.30 bits per heavy atom. The molecule has 0 bridgehead atoms. The lowest BCUT2D eigenvalue weighted by Crippen LogP contribution is -2.41. The van der Waals surface area contributed by atoms with E-state index >= 15 is 0 Å². The smallest absolute Gasteiger partial charge is 0.337 e. The van der Waals surface area contributed by atoms with Gasteiger partial charge in [-0.3, -0.25) is 10.1 Å². The van der Waals surface area contributed by atoms with Gasteiger partial charge in [-0.05, 0) is 48.0 Å². The maximum absolute atomic E-state index is 11.8. The molecule has 7 heteroatoms. The molecule has 0 saturated carbocycles. The molecule has 2 aromatic rings. The number of nitro groups is 1. The number of anilines is 1. The number of nitrogens with zero attached hydrogens (tertiary/aromatic N) is 1. The predicted octanol–water partition coefficient (Wildman–Crippen LogP) is 3.22. The van der Waals surface area contributed by atoms with Crippen molar-refractivity contribution in [2.75, 3.05) is 12.4 Å². The molecule has 0 saturated heterocycles. The summed E-state index contributed by atoms with van der Waals surface area (Å²) in [5.41, 5.74) is 0.798. The van der Waals surface area contributed by atoms with Gasteiger partial charge in [-0.2, -0.15) is 0 Å². The second kappa shape index (κ2) is 5.55. The molecule has 0 spiro atoms. The van der Waals surface area contributed by atoms with E-state index in [-0.39, 0.29) is 11.3 Å². The van der Waals surface area contributed by atoms with E-state index in [1.54, 1.807) is 30.3 Å². The van der Waals surface area contributed by atoms with Crippen LogP contribution in [-0.4, -0.2) is 18.0 Å². The fourth-order valence-corrected chi connectivity index (χ4v) is 2.96. The average molecular weight is 333 g/mol. The minimum absolute atomic E-state index is 0.174. The third kappa shape index (κ3) is 2.51. The number of rotatable bonds is 3. The van der Waals surface area contributed by atoms with Crippen molar-refractivity contribution in [2.24, 2.45) is 0 Å². The van der Waals surface area contributed by atoms with Crippen LogP contribution in [-0.2, 0) is 16.8 Å². The van der Waals surface area contributed by atoms with E-state index in [2.05, 4.69) is 10.1 Å². The second-order valence-corrected chi connectivity index (χ2v) is 5.73. The van der Waals surface area contributed by atoms with Gasteiger partial charge in [0.15, 0.2) is 0 Å². The molecular weight excluding hydrogens is 320 g/mol. The summed E-state index contributed by atoms with van der Waals surface area (Å²) < 4.78 is 4.63. The van der Waals surface area contributed by atoms with Gasteiger partial charge in [0.25, 0.3) is 0 Å². The van der Waals surface area contributed by atoms with Gasteiger partial charge in [0.2, 0.25) is 0 Å². The Kier molecular flexibility index (Phi) is 3.69. The maximum atomic E-state index is 11.8. The Labute approximate surface area is 137 Å². The summed E-state index contributed by atoms with van der Waals surface area (Å²) in [6.45, 7) is 0. The number of carbonyl (C=O) groups is 1. The molecule has 0 fully saturated rings. The Morgan fingerprint density at radius 3 is 2.61 bits per heavy atom. The van der Waals surface area contributed by atoms with Crippen LogP contribution in [0, 0.1) is 10.1 Å². The number of hydrogen-bond acceptors (Lipinski definition) is 5. The van der Waals surface area contributed by atoms with Gasteiger partial charge < -0.3 is 10.1 Å². The minimum atomic E-state index is -1.47. The lowest BCUT2D eigenvalue weighted by atomic mass is 9.95. The lowest BCUT2D eigenvalue weighted by molar-refractivity contribution is -0.569. The first-order valence-corrected chi connectivity index (χ1v) is 7.24. The highest BCUT2D eigenvalue weighted by Gasteiger charge is 2.50. The van der Waals surface area contributed by atoms with E-state index in [1.165, 1.54) is 19.2 Å². The van der Waals surface area contributed by atoms with Crippen molar-refractivity contribution in [3.63, 3.8) is 0 Å². The quantitative estimate of drug-likeness (QED) is 0.530. The molecular formula is C16H13ClN2O4. The molecule has 1 atom stereocenters. The number of nitrogens with one attached hydrogen (secondary N) is 1. The number of fused-ring (bicyclic) bond motifs is 1. The molecule has 1 unspecified atom stereocenters. The first-order chi connectivity index (χ1) is 11.0. The van der Waals surface area contributed by atoms with E-state index in [9.17, 15) is 14.9 Å². The first-order valence-electron chi connectivity index (χ1n) is 6.86. The Bertz CT molecular complexity index is 791. The number of carbonyl (C=O) groups excluding carboxylic acids is 1. The Balaban J connectivity index is 2.01. The van der Waals surface area contributed by atoms with Crippen LogP contribution in [0.3, 0.4) is 0 Å². The van der Waals surface area contributed by atoms with Gasteiger partial charge >= 0.3 is 11.6 Å². The van der Waals surface area contributed by atoms with Crippen LogP contribution in [0.1, 0.15) is 21.5 Å². The highest BCUT2D eigenvalue weighted by Crippen LogP contribution is 2.40. The average Bonchev–Trinajstić information content (AvgIpc) is 2.94. The number of halogens is 1. The molecule has 0 aromatic heterocycles. The monoisotopic (exact) mass is 332 g/mol. The highest BCUT2D eigenvalue weighted by atomic mass is 35.5. The fraction of sp³-hybridized carbons (Fsp3) is 0.188. The molecule has 0 amide bonds. The normalized spacial score (nSPS) is 18.9. The number of methoxy groups -OCH3 is 1. The topological polar surface area (TPSA) is 81.5 Å². The molecule has 6 nitrogen and oxygen atoms in total. The van der Waals surface area contributed by atoms with Crippen LogP contribution in [0.2, 0.25) is 5.02 Å². The molecule has 0 aliphatic carbocycles. The van der Waals surface area contributed by atoms with Crippen molar-refractivity contribution in [1.29, 1.82) is 0 Å². The lowest BCUT2D eigenvalue weighted by Gasteiger charge is -2.21. The third-order valence-corrected chi connectivity index (χ3v) is 4.19. The van der Waals surface area contributed by atoms with Gasteiger partial charge in [0, 0.05) is 10.7 Å². The van der Waals surface area contributed by atoms with Gasteiger partial charge in [0.05, 0.1) is 29.6 Å². The van der Waals surface area contributed by atoms with Crippen LogP contribution < -0.4 is 5.32 Å². The molecule has 0 radical (unpaired) electrons. The van der Waals surface area contributed by atoms with Crippen LogP contribution >= 0.6 is 11.6 Å². The summed E-state index contributed by atoms with van der Waals surface area (Å²) in [6.07, 6.45) is 0.174. The zero-order chi connectivity index (χ0) is 16.6. The molecule has 1 aliphatic rings. The van der Waals surface area contributed by atoms with Crippen molar-refractivity contribution >= 4 is 23.3 Å². The molecule has 2 aromatic carbocycles. The number of esters is 1. The van der Waals surface area contributed by atoms with Crippen molar-refractivity contribution in [3.05, 3.63) is 74.3 Å². The van der Waals surface area contributed by atoms with E-state index in [4.69, 9.17) is 11.6 Å². The van der Waals surface area contributed by atoms with Gasteiger partial charge in [-0.25, -0.2) is 4.79 Å². The molecule has 1 heterocycles. The molecule has 3 rings (SSSR count). The standard InChI is InChI=1S/C16H13ClN2O4/c1-23-15(20)10-2-4-12(5-3-10)16(19(21)22)9-11-8-13(17)6-7-14(11)18-16/h2-8,18H,9H2,1H3. The molecule has 118 valence electrons. The largest absolute Gasteiger partial charge is 0.465 e. The van der Waals surface area contributed by atoms with Crippen LogP contribution in [0.25, 0.3) is 0 Å². The third-order valence-electron chi connectivity index (χ3n) is 3.95. The SMILES string of the molecule is COC(=O)c1ccc(C2([N+](=O)[O-])Cc3cc(Cl)ccc3N2)cc1. The predicted molar refractivity (Wildman–Crippen MR) is 85.2 cm³/mol. The summed E-state index contributed by atoms with van der Waals surface area (Å²) in [6, 6.07) is 11.3. The van der Waals surface area contributed by atoms with E-state index in [0.717, 1.165) is 5.56 Å². The molecule has 1 N–H and O–H groups in total. The van der Waals surface area contributed by atoms with Crippen LogP contribution in [0.15, 0.2) is 42.5 Å². The van der Waals surface area contributed by atoms with Crippen molar-refractivity contribution in [2.45, 2.75) is 12.1 Å².